The fourth-order valence-electron chi connectivity index (χ4n) is 2.66. The van der Waals surface area contributed by atoms with Crippen LogP contribution < -0.4 is 15.4 Å². The van der Waals surface area contributed by atoms with Crippen molar-refractivity contribution < 1.29 is 14.3 Å². The molecule has 2 N–H and O–H groups in total. The normalized spacial score (nSPS) is 10.7. The zero-order valence-electron chi connectivity index (χ0n) is 16.6. The van der Waals surface area contributed by atoms with E-state index >= 15 is 0 Å². The Labute approximate surface area is 195 Å². The number of carbonyl (C=O) groups is 2. The summed E-state index contributed by atoms with van der Waals surface area (Å²) in [6.07, 6.45) is 1.36. The van der Waals surface area contributed by atoms with Gasteiger partial charge in [0.25, 0.3) is 11.8 Å². The molecule has 6 nitrogen and oxygen atoms in total. The lowest BCUT2D eigenvalue weighted by Crippen LogP contribution is -2.20. The molecule has 0 spiro atoms. The molecule has 3 rings (SSSR count). The number of para-hydroxylation sites is 1. The number of hydrogen-bond acceptors (Lipinski definition) is 4. The fourth-order valence-corrected chi connectivity index (χ4v) is 2.97. The Morgan fingerprint density at radius 3 is 2.25 bits per heavy atom. The molecule has 0 saturated heterocycles. The maximum Gasteiger partial charge on any atom is 0.266 e. The van der Waals surface area contributed by atoms with E-state index in [2.05, 4.69) is 10.6 Å². The van der Waals surface area contributed by atoms with E-state index in [4.69, 9.17) is 27.9 Å². The van der Waals surface area contributed by atoms with Crippen molar-refractivity contribution in [2.75, 3.05) is 17.2 Å². The average molecular weight is 466 g/mol. The van der Waals surface area contributed by atoms with Crippen molar-refractivity contribution in [1.82, 2.24) is 0 Å². The Balaban J connectivity index is 1.73. The Kier molecular flexibility index (Phi) is 7.87. The number of rotatable bonds is 7. The molecule has 3 aromatic carbocycles. The van der Waals surface area contributed by atoms with Gasteiger partial charge in [0.05, 0.1) is 0 Å². The molecule has 0 aromatic heterocycles. The maximum atomic E-state index is 12.5. The Morgan fingerprint density at radius 2 is 1.56 bits per heavy atom. The molecule has 0 aliphatic heterocycles. The van der Waals surface area contributed by atoms with E-state index in [-0.39, 0.29) is 18.1 Å². The van der Waals surface area contributed by atoms with Gasteiger partial charge in [0.15, 0.2) is 6.61 Å². The van der Waals surface area contributed by atoms with Crippen LogP contribution in [-0.4, -0.2) is 18.4 Å². The van der Waals surface area contributed by atoms with E-state index in [1.54, 1.807) is 66.7 Å². The summed E-state index contributed by atoms with van der Waals surface area (Å²) in [6.45, 7) is -0.288. The maximum absolute atomic E-state index is 12.5. The number of nitriles is 1. The molecule has 0 heterocycles. The number of benzene rings is 3. The van der Waals surface area contributed by atoms with Crippen LogP contribution in [0.3, 0.4) is 0 Å². The number of halogens is 2. The van der Waals surface area contributed by atoms with Gasteiger partial charge in [0.2, 0.25) is 0 Å². The lowest BCUT2D eigenvalue weighted by Gasteiger charge is -2.11. The van der Waals surface area contributed by atoms with Gasteiger partial charge >= 0.3 is 0 Å². The summed E-state index contributed by atoms with van der Waals surface area (Å²) in [7, 11) is 0. The van der Waals surface area contributed by atoms with Crippen LogP contribution in [0.25, 0.3) is 6.08 Å². The minimum absolute atomic E-state index is 0.147. The van der Waals surface area contributed by atoms with Crippen LogP contribution in [0.2, 0.25) is 10.0 Å². The van der Waals surface area contributed by atoms with E-state index in [0.717, 1.165) is 0 Å². The second-order valence-corrected chi connectivity index (χ2v) is 7.39. The summed E-state index contributed by atoms with van der Waals surface area (Å²) in [6, 6.07) is 22.0. The van der Waals surface area contributed by atoms with Gasteiger partial charge in [0.1, 0.15) is 17.4 Å². The Bertz CT molecular complexity index is 1190. The van der Waals surface area contributed by atoms with Crippen molar-refractivity contribution >= 4 is 52.5 Å². The standard InChI is InChI=1S/C24H17Cl2N3O3/c25-18-6-9-21(10-7-18)28-23(30)15-32-22-11-8-19(26)13-16(22)12-17(14-27)24(31)29-20-4-2-1-3-5-20/h1-13H,15H2,(H,28,30)(H,29,31)/b17-12+. The molecular formula is C24H17Cl2N3O3. The van der Waals surface area contributed by atoms with E-state index < -0.39 is 5.91 Å². The predicted molar refractivity (Wildman–Crippen MR) is 126 cm³/mol. The van der Waals surface area contributed by atoms with Crippen molar-refractivity contribution in [3.63, 3.8) is 0 Å². The lowest BCUT2D eigenvalue weighted by molar-refractivity contribution is -0.118. The van der Waals surface area contributed by atoms with Crippen LogP contribution in [0.1, 0.15) is 5.56 Å². The number of carbonyl (C=O) groups excluding carboxylic acids is 2. The van der Waals surface area contributed by atoms with E-state index in [9.17, 15) is 14.9 Å². The third-order valence-corrected chi connectivity index (χ3v) is 4.64. The van der Waals surface area contributed by atoms with Gasteiger partial charge in [-0.05, 0) is 60.7 Å². The van der Waals surface area contributed by atoms with Gasteiger partial charge < -0.3 is 15.4 Å². The van der Waals surface area contributed by atoms with Gasteiger partial charge in [-0.15, -0.1) is 0 Å². The van der Waals surface area contributed by atoms with Crippen LogP contribution >= 0.6 is 23.2 Å². The Hall–Kier alpha value is -3.79. The first kappa shape index (κ1) is 22.9. The summed E-state index contributed by atoms with van der Waals surface area (Å²) in [5, 5.41) is 15.8. The predicted octanol–water partition coefficient (Wildman–Crippen LogP) is 5.56. The second kappa shape index (κ2) is 11.0. The van der Waals surface area contributed by atoms with Crippen molar-refractivity contribution in [2.24, 2.45) is 0 Å². The highest BCUT2D eigenvalue weighted by atomic mass is 35.5. The van der Waals surface area contributed by atoms with Gasteiger partial charge in [-0.2, -0.15) is 5.26 Å². The molecule has 0 unspecified atom stereocenters. The summed E-state index contributed by atoms with van der Waals surface area (Å²) in [5.74, 6) is -0.675. The average Bonchev–Trinajstić information content (AvgIpc) is 2.79. The minimum Gasteiger partial charge on any atom is -0.483 e. The van der Waals surface area contributed by atoms with Crippen molar-refractivity contribution in [3.05, 3.63) is 94.0 Å². The molecule has 0 atom stereocenters. The molecule has 2 amide bonds. The topological polar surface area (TPSA) is 91.2 Å². The lowest BCUT2D eigenvalue weighted by atomic mass is 10.1. The molecule has 0 radical (unpaired) electrons. The third-order valence-electron chi connectivity index (χ3n) is 4.16. The number of anilines is 2. The van der Waals surface area contributed by atoms with Crippen molar-refractivity contribution in [2.45, 2.75) is 0 Å². The van der Waals surface area contributed by atoms with Crippen molar-refractivity contribution in [3.8, 4) is 11.8 Å². The van der Waals surface area contributed by atoms with Crippen LogP contribution in [0, 0.1) is 11.3 Å². The quantitative estimate of drug-likeness (QED) is 0.353. The first-order valence-corrected chi connectivity index (χ1v) is 10.2. The molecular weight excluding hydrogens is 449 g/mol. The van der Waals surface area contributed by atoms with Gasteiger partial charge in [-0.1, -0.05) is 41.4 Å². The molecule has 3 aromatic rings. The summed E-state index contributed by atoms with van der Waals surface area (Å²) in [5.41, 5.74) is 1.37. The van der Waals surface area contributed by atoms with Crippen molar-refractivity contribution in [1.29, 1.82) is 5.26 Å². The number of amides is 2. The Morgan fingerprint density at radius 1 is 0.906 bits per heavy atom. The SMILES string of the molecule is N#C/C(=C\c1cc(Cl)ccc1OCC(=O)Nc1ccc(Cl)cc1)C(=O)Nc1ccccc1. The largest absolute Gasteiger partial charge is 0.483 e. The fraction of sp³-hybridized carbons (Fsp3) is 0.0417. The highest BCUT2D eigenvalue weighted by molar-refractivity contribution is 6.31. The molecule has 0 aliphatic carbocycles. The van der Waals surface area contributed by atoms with E-state index in [1.807, 2.05) is 12.1 Å². The first-order valence-electron chi connectivity index (χ1n) is 9.40. The number of ether oxygens (including phenoxy) is 1. The smallest absolute Gasteiger partial charge is 0.266 e. The number of nitrogens with zero attached hydrogens (tertiary/aromatic N) is 1. The molecule has 0 aliphatic rings. The van der Waals surface area contributed by atoms with Gasteiger partial charge in [-0.3, -0.25) is 9.59 Å². The van der Waals surface area contributed by atoms with Gasteiger partial charge in [-0.25, -0.2) is 0 Å². The molecule has 0 saturated carbocycles. The highest BCUT2D eigenvalue weighted by Crippen LogP contribution is 2.26. The molecule has 32 heavy (non-hydrogen) atoms. The first-order chi connectivity index (χ1) is 15.4. The number of nitrogens with one attached hydrogen (secondary N) is 2. The summed E-state index contributed by atoms with van der Waals surface area (Å²) in [4.78, 5) is 24.7. The highest BCUT2D eigenvalue weighted by Gasteiger charge is 2.13. The molecule has 8 heteroatoms. The zero-order chi connectivity index (χ0) is 22.9. The third kappa shape index (κ3) is 6.61. The minimum atomic E-state index is -0.579. The molecule has 0 fully saturated rings. The van der Waals surface area contributed by atoms with Crippen LogP contribution in [0.4, 0.5) is 11.4 Å². The van der Waals surface area contributed by atoms with Crippen LogP contribution in [0.5, 0.6) is 5.75 Å². The second-order valence-electron chi connectivity index (χ2n) is 6.52. The van der Waals surface area contributed by atoms with E-state index in [1.165, 1.54) is 6.08 Å². The summed E-state index contributed by atoms with van der Waals surface area (Å²) < 4.78 is 5.61. The molecule has 160 valence electrons. The van der Waals surface area contributed by atoms with E-state index in [0.29, 0.717) is 32.7 Å². The van der Waals surface area contributed by atoms with Crippen LogP contribution in [0.15, 0.2) is 78.4 Å². The van der Waals surface area contributed by atoms with Crippen LogP contribution in [-0.2, 0) is 9.59 Å². The number of hydrogen-bond donors (Lipinski definition) is 2. The zero-order valence-corrected chi connectivity index (χ0v) is 18.2. The van der Waals surface area contributed by atoms with Gasteiger partial charge in [0, 0.05) is 27.0 Å². The molecule has 0 bridgehead atoms. The summed E-state index contributed by atoms with van der Waals surface area (Å²) >= 11 is 11.9. The monoisotopic (exact) mass is 465 g/mol.